The lowest BCUT2D eigenvalue weighted by atomic mass is 10.1. The molecule has 0 saturated heterocycles. The van der Waals surface area contributed by atoms with Crippen molar-refractivity contribution in [2.24, 2.45) is 0 Å². The lowest BCUT2D eigenvalue weighted by Gasteiger charge is -2.07. The maximum Gasteiger partial charge on any atom is 0.266 e. The highest BCUT2D eigenvalue weighted by Gasteiger charge is 2.07. The molecule has 27 heavy (non-hydrogen) atoms. The summed E-state index contributed by atoms with van der Waals surface area (Å²) in [5.74, 6) is 0. The Labute approximate surface area is 159 Å². The quantitative estimate of drug-likeness (QED) is 0.499. The maximum absolute atomic E-state index is 12.1. The standard InChI is InChI=1S/C19H15ClN6O/c20-18-8-6-15(12-21-18)17-13-25(24-22-17)10-11-26-19(27)9-7-16(23-26)14-4-2-1-3-5-14/h1-9,12-13H,10-11H2. The molecule has 7 nitrogen and oxygen atoms in total. The van der Waals surface area contributed by atoms with Gasteiger partial charge in [0, 0.05) is 23.4 Å². The Morgan fingerprint density at radius 3 is 2.52 bits per heavy atom. The van der Waals surface area contributed by atoms with Gasteiger partial charge in [0.05, 0.1) is 25.0 Å². The first kappa shape index (κ1) is 17.1. The zero-order valence-corrected chi connectivity index (χ0v) is 15.0. The Bertz CT molecular complexity index is 1110. The molecular formula is C19H15ClN6O. The summed E-state index contributed by atoms with van der Waals surface area (Å²) in [5, 5.41) is 13.1. The Morgan fingerprint density at radius 2 is 1.74 bits per heavy atom. The van der Waals surface area contributed by atoms with Crippen LogP contribution in [0.2, 0.25) is 5.15 Å². The predicted octanol–water partition coefficient (Wildman–Crippen LogP) is 2.92. The molecular weight excluding hydrogens is 364 g/mol. The van der Waals surface area contributed by atoms with Crippen molar-refractivity contribution in [3.05, 3.63) is 82.5 Å². The lowest BCUT2D eigenvalue weighted by molar-refractivity contribution is 0.475. The summed E-state index contributed by atoms with van der Waals surface area (Å²) in [5.41, 5.74) is 3.08. The number of benzene rings is 1. The van der Waals surface area contributed by atoms with E-state index in [0.717, 1.165) is 16.8 Å². The van der Waals surface area contributed by atoms with Crippen LogP contribution >= 0.6 is 11.6 Å². The monoisotopic (exact) mass is 378 g/mol. The summed E-state index contributed by atoms with van der Waals surface area (Å²) < 4.78 is 3.11. The topological polar surface area (TPSA) is 78.5 Å². The van der Waals surface area contributed by atoms with Crippen molar-refractivity contribution in [1.82, 2.24) is 29.8 Å². The minimum Gasteiger partial charge on any atom is -0.268 e. The SMILES string of the molecule is O=c1ccc(-c2ccccc2)nn1CCn1cc(-c2ccc(Cl)nc2)nn1. The third-order valence-corrected chi connectivity index (χ3v) is 4.26. The molecule has 0 amide bonds. The number of aryl methyl sites for hydroxylation is 2. The molecule has 0 N–H and O–H groups in total. The largest absolute Gasteiger partial charge is 0.268 e. The number of rotatable bonds is 5. The average Bonchev–Trinajstić information content (AvgIpc) is 3.17. The van der Waals surface area contributed by atoms with Crippen molar-refractivity contribution in [3.8, 4) is 22.5 Å². The maximum atomic E-state index is 12.1. The molecule has 1 aromatic carbocycles. The van der Waals surface area contributed by atoms with Gasteiger partial charge in [-0.3, -0.25) is 9.48 Å². The van der Waals surface area contributed by atoms with Crippen molar-refractivity contribution in [1.29, 1.82) is 0 Å². The van der Waals surface area contributed by atoms with E-state index in [1.807, 2.05) is 36.4 Å². The Kier molecular flexibility index (Phi) is 4.76. The summed E-state index contributed by atoms with van der Waals surface area (Å²) in [6.07, 6.45) is 3.45. The van der Waals surface area contributed by atoms with Gasteiger partial charge in [-0.15, -0.1) is 5.10 Å². The van der Waals surface area contributed by atoms with Crippen LogP contribution in [-0.2, 0) is 13.1 Å². The van der Waals surface area contributed by atoms with Crippen LogP contribution in [0, 0.1) is 0 Å². The van der Waals surface area contributed by atoms with Crippen LogP contribution in [0.3, 0.4) is 0 Å². The Balaban J connectivity index is 1.51. The van der Waals surface area contributed by atoms with E-state index in [0.29, 0.717) is 23.9 Å². The number of pyridine rings is 1. The third kappa shape index (κ3) is 3.93. The van der Waals surface area contributed by atoms with E-state index in [4.69, 9.17) is 11.6 Å². The first-order valence-electron chi connectivity index (χ1n) is 8.35. The second-order valence-electron chi connectivity index (χ2n) is 5.88. The van der Waals surface area contributed by atoms with E-state index in [1.54, 1.807) is 29.2 Å². The summed E-state index contributed by atoms with van der Waals surface area (Å²) >= 11 is 5.80. The molecule has 3 aromatic heterocycles. The fraction of sp³-hybridized carbons (Fsp3) is 0.105. The zero-order valence-electron chi connectivity index (χ0n) is 14.2. The number of halogens is 1. The van der Waals surface area contributed by atoms with E-state index in [2.05, 4.69) is 20.4 Å². The van der Waals surface area contributed by atoms with Gasteiger partial charge in [-0.25, -0.2) is 9.67 Å². The number of aromatic nitrogens is 6. The summed E-state index contributed by atoms with van der Waals surface area (Å²) in [4.78, 5) is 16.2. The van der Waals surface area contributed by atoms with Crippen LogP contribution in [0.4, 0.5) is 0 Å². The molecule has 0 atom stereocenters. The molecule has 134 valence electrons. The van der Waals surface area contributed by atoms with Crippen molar-refractivity contribution in [2.45, 2.75) is 13.1 Å². The van der Waals surface area contributed by atoms with Gasteiger partial charge in [-0.1, -0.05) is 47.1 Å². The van der Waals surface area contributed by atoms with E-state index >= 15 is 0 Å². The van der Waals surface area contributed by atoms with E-state index in [-0.39, 0.29) is 5.56 Å². The van der Waals surface area contributed by atoms with Crippen molar-refractivity contribution >= 4 is 11.6 Å². The highest BCUT2D eigenvalue weighted by molar-refractivity contribution is 6.29. The molecule has 4 aromatic rings. The number of hydrogen-bond acceptors (Lipinski definition) is 5. The van der Waals surface area contributed by atoms with E-state index < -0.39 is 0 Å². The van der Waals surface area contributed by atoms with Crippen LogP contribution in [0.25, 0.3) is 22.5 Å². The molecule has 4 rings (SSSR count). The molecule has 0 aliphatic carbocycles. The van der Waals surface area contributed by atoms with Gasteiger partial charge >= 0.3 is 0 Å². The van der Waals surface area contributed by atoms with Crippen LogP contribution in [-0.4, -0.2) is 29.8 Å². The fourth-order valence-corrected chi connectivity index (χ4v) is 2.75. The van der Waals surface area contributed by atoms with Gasteiger partial charge in [-0.2, -0.15) is 5.10 Å². The second kappa shape index (κ2) is 7.51. The highest BCUT2D eigenvalue weighted by atomic mass is 35.5. The zero-order chi connectivity index (χ0) is 18.6. The third-order valence-electron chi connectivity index (χ3n) is 4.04. The predicted molar refractivity (Wildman–Crippen MR) is 102 cm³/mol. The van der Waals surface area contributed by atoms with Gasteiger partial charge < -0.3 is 0 Å². The van der Waals surface area contributed by atoms with Gasteiger partial charge in [0.15, 0.2) is 0 Å². The van der Waals surface area contributed by atoms with Crippen LogP contribution in [0.5, 0.6) is 0 Å². The van der Waals surface area contributed by atoms with Gasteiger partial charge in [0.1, 0.15) is 10.8 Å². The summed E-state index contributed by atoms with van der Waals surface area (Å²) in [6, 6.07) is 16.5. The minimum atomic E-state index is -0.156. The highest BCUT2D eigenvalue weighted by Crippen LogP contribution is 2.17. The van der Waals surface area contributed by atoms with Crippen LogP contribution in [0.15, 0.2) is 71.8 Å². The molecule has 0 aliphatic heterocycles. The van der Waals surface area contributed by atoms with Crippen molar-refractivity contribution in [3.63, 3.8) is 0 Å². The van der Waals surface area contributed by atoms with Gasteiger partial charge in [0.2, 0.25) is 0 Å². The summed E-state index contributed by atoms with van der Waals surface area (Å²) in [6.45, 7) is 0.861. The van der Waals surface area contributed by atoms with Gasteiger partial charge in [-0.05, 0) is 18.2 Å². The molecule has 0 saturated carbocycles. The molecule has 0 bridgehead atoms. The normalized spacial score (nSPS) is 10.9. The van der Waals surface area contributed by atoms with Crippen molar-refractivity contribution in [2.75, 3.05) is 0 Å². The average molecular weight is 379 g/mol. The van der Waals surface area contributed by atoms with E-state index in [1.165, 1.54) is 10.7 Å². The van der Waals surface area contributed by atoms with Crippen LogP contribution < -0.4 is 5.56 Å². The first-order chi connectivity index (χ1) is 13.2. The minimum absolute atomic E-state index is 0.156. The lowest BCUT2D eigenvalue weighted by Crippen LogP contribution is -2.24. The number of hydrogen-bond donors (Lipinski definition) is 0. The smallest absolute Gasteiger partial charge is 0.266 e. The van der Waals surface area contributed by atoms with E-state index in [9.17, 15) is 4.79 Å². The Morgan fingerprint density at radius 1 is 0.889 bits per heavy atom. The fourth-order valence-electron chi connectivity index (χ4n) is 2.64. The molecule has 0 radical (unpaired) electrons. The molecule has 3 heterocycles. The van der Waals surface area contributed by atoms with Crippen LogP contribution in [0.1, 0.15) is 0 Å². The molecule has 0 unspecified atom stereocenters. The first-order valence-corrected chi connectivity index (χ1v) is 8.72. The molecule has 0 spiro atoms. The summed E-state index contributed by atoms with van der Waals surface area (Å²) in [7, 11) is 0. The molecule has 0 fully saturated rings. The van der Waals surface area contributed by atoms with Crippen molar-refractivity contribution < 1.29 is 0 Å². The molecule has 8 heteroatoms. The van der Waals surface area contributed by atoms with Gasteiger partial charge in [0.25, 0.3) is 5.56 Å². The number of nitrogens with zero attached hydrogens (tertiary/aromatic N) is 6. The second-order valence-corrected chi connectivity index (χ2v) is 6.27. The Hall–Kier alpha value is -3.32. The molecule has 0 aliphatic rings.